The Morgan fingerprint density at radius 3 is 2.60 bits per heavy atom. The van der Waals surface area contributed by atoms with Crippen LogP contribution in [0.25, 0.3) is 0 Å². The Hall–Kier alpha value is -2.37. The summed E-state index contributed by atoms with van der Waals surface area (Å²) in [5.74, 6) is -0.314. The van der Waals surface area contributed by atoms with E-state index in [-0.39, 0.29) is 30.3 Å². The molecule has 1 aliphatic heterocycles. The number of carbonyl (C=O) groups excluding carboxylic acids is 3. The third-order valence-electron chi connectivity index (χ3n) is 5.37. The van der Waals surface area contributed by atoms with Gasteiger partial charge in [0.25, 0.3) is 5.91 Å². The van der Waals surface area contributed by atoms with Gasteiger partial charge in [0.15, 0.2) is 0 Å². The third kappa shape index (κ3) is 3.25. The molecule has 1 aromatic rings. The second kappa shape index (κ2) is 6.50. The topological polar surface area (TPSA) is 78.5 Å². The van der Waals surface area contributed by atoms with Crippen molar-refractivity contribution in [3.63, 3.8) is 0 Å². The fourth-order valence-electron chi connectivity index (χ4n) is 3.45. The Balaban J connectivity index is 1.72. The molecule has 0 bridgehead atoms. The minimum Gasteiger partial charge on any atom is -0.352 e. The number of hydrogen-bond donors (Lipinski definition) is 2. The summed E-state index contributed by atoms with van der Waals surface area (Å²) in [4.78, 5) is 38.5. The third-order valence-corrected chi connectivity index (χ3v) is 5.37. The Bertz CT molecular complexity index is 716. The fourth-order valence-corrected chi connectivity index (χ4v) is 3.45. The van der Waals surface area contributed by atoms with E-state index in [0.717, 1.165) is 16.9 Å². The first-order valence-corrected chi connectivity index (χ1v) is 8.82. The first kappa shape index (κ1) is 17.5. The van der Waals surface area contributed by atoms with E-state index in [1.54, 1.807) is 0 Å². The van der Waals surface area contributed by atoms with E-state index in [4.69, 9.17) is 0 Å². The van der Waals surface area contributed by atoms with Gasteiger partial charge in [-0.1, -0.05) is 38.1 Å². The molecule has 1 aliphatic carbocycles. The van der Waals surface area contributed by atoms with E-state index < -0.39 is 11.6 Å². The number of benzene rings is 1. The van der Waals surface area contributed by atoms with Crippen LogP contribution in [-0.2, 0) is 22.4 Å². The normalized spacial score (nSPS) is 23.6. The van der Waals surface area contributed by atoms with Gasteiger partial charge in [-0.25, -0.2) is 4.79 Å². The van der Waals surface area contributed by atoms with Crippen molar-refractivity contribution in [3.8, 4) is 0 Å². The molecule has 1 fully saturated rings. The van der Waals surface area contributed by atoms with Crippen LogP contribution in [0.5, 0.6) is 0 Å². The van der Waals surface area contributed by atoms with E-state index in [1.165, 1.54) is 5.56 Å². The molecule has 6 heteroatoms. The molecule has 0 aromatic heterocycles. The number of aryl methyl sites for hydroxylation is 1. The van der Waals surface area contributed by atoms with Crippen LogP contribution in [0.1, 0.15) is 38.3 Å². The van der Waals surface area contributed by atoms with Gasteiger partial charge < -0.3 is 10.6 Å². The molecule has 2 N–H and O–H groups in total. The highest BCUT2D eigenvalue weighted by atomic mass is 16.2. The van der Waals surface area contributed by atoms with Gasteiger partial charge in [0.1, 0.15) is 12.1 Å². The number of nitrogens with zero attached hydrogens (tertiary/aromatic N) is 1. The van der Waals surface area contributed by atoms with Gasteiger partial charge >= 0.3 is 6.03 Å². The van der Waals surface area contributed by atoms with E-state index in [1.807, 2.05) is 39.0 Å². The van der Waals surface area contributed by atoms with Crippen molar-refractivity contribution < 1.29 is 14.4 Å². The number of rotatable bonds is 4. The van der Waals surface area contributed by atoms with Gasteiger partial charge in [0.2, 0.25) is 5.91 Å². The van der Waals surface area contributed by atoms with Crippen LogP contribution in [0, 0.1) is 5.92 Å². The molecular weight excluding hydrogens is 318 g/mol. The molecule has 134 valence electrons. The molecule has 2 atom stereocenters. The highest BCUT2D eigenvalue weighted by Gasteiger charge is 2.52. The SMILES string of the molecule is CC(C)[C@H](C)NC(=O)CN1C(=O)N[C@]2(CCc3ccccc3C2)C1=O. The Kier molecular flexibility index (Phi) is 4.54. The van der Waals surface area contributed by atoms with Gasteiger partial charge in [0, 0.05) is 12.5 Å². The average molecular weight is 343 g/mol. The molecule has 1 saturated heterocycles. The van der Waals surface area contributed by atoms with Crippen molar-refractivity contribution in [2.24, 2.45) is 5.92 Å². The molecule has 1 spiro atoms. The molecule has 4 amide bonds. The summed E-state index contributed by atoms with van der Waals surface area (Å²) >= 11 is 0. The highest BCUT2D eigenvalue weighted by molar-refractivity contribution is 6.09. The van der Waals surface area contributed by atoms with Crippen molar-refractivity contribution in [1.29, 1.82) is 0 Å². The van der Waals surface area contributed by atoms with Crippen molar-refractivity contribution in [2.75, 3.05) is 6.54 Å². The molecule has 0 saturated carbocycles. The molecule has 6 nitrogen and oxygen atoms in total. The van der Waals surface area contributed by atoms with Gasteiger partial charge in [0.05, 0.1) is 0 Å². The molecule has 1 aromatic carbocycles. The number of imide groups is 1. The lowest BCUT2D eigenvalue weighted by Gasteiger charge is -2.32. The summed E-state index contributed by atoms with van der Waals surface area (Å²) in [6, 6.07) is 7.49. The number of amides is 4. The largest absolute Gasteiger partial charge is 0.352 e. The maximum Gasteiger partial charge on any atom is 0.325 e. The van der Waals surface area contributed by atoms with Crippen LogP contribution in [0.2, 0.25) is 0 Å². The Morgan fingerprint density at radius 1 is 1.24 bits per heavy atom. The van der Waals surface area contributed by atoms with Gasteiger partial charge in [-0.3, -0.25) is 14.5 Å². The molecular formula is C19H25N3O3. The maximum absolute atomic E-state index is 12.9. The Labute approximate surface area is 148 Å². The van der Waals surface area contributed by atoms with E-state index in [9.17, 15) is 14.4 Å². The Morgan fingerprint density at radius 2 is 1.92 bits per heavy atom. The maximum atomic E-state index is 12.9. The molecule has 2 aliphatic rings. The first-order chi connectivity index (χ1) is 11.8. The monoisotopic (exact) mass is 343 g/mol. The van der Waals surface area contributed by atoms with Gasteiger partial charge in [-0.2, -0.15) is 0 Å². The summed E-state index contributed by atoms with van der Waals surface area (Å²) in [5.41, 5.74) is 1.40. The van der Waals surface area contributed by atoms with Crippen molar-refractivity contribution >= 4 is 17.8 Å². The van der Waals surface area contributed by atoms with Crippen LogP contribution in [0.3, 0.4) is 0 Å². The van der Waals surface area contributed by atoms with Crippen molar-refractivity contribution in [2.45, 2.75) is 51.6 Å². The van der Waals surface area contributed by atoms with E-state index >= 15 is 0 Å². The van der Waals surface area contributed by atoms with Crippen LogP contribution in [-0.4, -0.2) is 40.9 Å². The highest BCUT2D eigenvalue weighted by Crippen LogP contribution is 2.33. The molecule has 25 heavy (non-hydrogen) atoms. The zero-order chi connectivity index (χ0) is 18.2. The smallest absolute Gasteiger partial charge is 0.325 e. The number of urea groups is 1. The van der Waals surface area contributed by atoms with Crippen LogP contribution < -0.4 is 10.6 Å². The lowest BCUT2D eigenvalue weighted by atomic mass is 9.78. The molecule has 0 radical (unpaired) electrons. The molecule has 3 rings (SSSR count). The zero-order valence-corrected chi connectivity index (χ0v) is 15.0. The second-order valence-electron chi connectivity index (χ2n) is 7.45. The number of fused-ring (bicyclic) bond motifs is 1. The lowest BCUT2D eigenvalue weighted by Crippen LogP contribution is -2.51. The lowest BCUT2D eigenvalue weighted by molar-refractivity contribution is -0.135. The summed E-state index contributed by atoms with van der Waals surface area (Å²) in [6.07, 6.45) is 1.79. The van der Waals surface area contributed by atoms with Crippen LogP contribution in [0.15, 0.2) is 24.3 Å². The molecule has 0 unspecified atom stereocenters. The minimum absolute atomic E-state index is 0.0104. The quantitative estimate of drug-likeness (QED) is 0.816. The second-order valence-corrected chi connectivity index (χ2v) is 7.45. The number of hydrogen-bond acceptors (Lipinski definition) is 3. The number of nitrogens with one attached hydrogen (secondary N) is 2. The standard InChI is InChI=1S/C19H25N3O3/c1-12(2)13(3)20-16(23)11-22-17(24)19(21-18(22)25)9-8-14-6-4-5-7-15(14)10-19/h4-7,12-13H,8-11H2,1-3H3,(H,20,23)(H,21,25)/t13-,19-/m0/s1. The van der Waals surface area contributed by atoms with Crippen LogP contribution in [0.4, 0.5) is 4.79 Å². The number of carbonyl (C=O) groups is 3. The predicted molar refractivity (Wildman–Crippen MR) is 93.9 cm³/mol. The van der Waals surface area contributed by atoms with Gasteiger partial charge in [-0.15, -0.1) is 0 Å². The van der Waals surface area contributed by atoms with Crippen LogP contribution >= 0.6 is 0 Å². The zero-order valence-electron chi connectivity index (χ0n) is 15.0. The predicted octanol–water partition coefficient (Wildman–Crippen LogP) is 1.63. The molecule has 1 heterocycles. The van der Waals surface area contributed by atoms with Crippen molar-refractivity contribution in [1.82, 2.24) is 15.5 Å². The van der Waals surface area contributed by atoms with E-state index in [0.29, 0.717) is 12.8 Å². The van der Waals surface area contributed by atoms with Gasteiger partial charge in [-0.05, 0) is 36.8 Å². The average Bonchev–Trinajstić information content (AvgIpc) is 2.78. The summed E-state index contributed by atoms with van der Waals surface area (Å²) in [6.45, 7) is 5.69. The van der Waals surface area contributed by atoms with E-state index in [2.05, 4.69) is 16.7 Å². The summed E-state index contributed by atoms with van der Waals surface area (Å²) < 4.78 is 0. The fraction of sp³-hybridized carbons (Fsp3) is 0.526. The summed E-state index contributed by atoms with van der Waals surface area (Å²) in [5, 5.41) is 5.69. The summed E-state index contributed by atoms with van der Waals surface area (Å²) in [7, 11) is 0. The minimum atomic E-state index is -0.907. The first-order valence-electron chi connectivity index (χ1n) is 8.82. The van der Waals surface area contributed by atoms with Crippen molar-refractivity contribution in [3.05, 3.63) is 35.4 Å².